The molecule has 0 bridgehead atoms. The number of halogens is 1. The average Bonchev–Trinajstić information content (AvgIpc) is 2.61. The normalized spacial score (nSPS) is 12.5. The molecule has 0 saturated heterocycles. The maximum Gasteiger partial charge on any atom is 0.408 e. The quantitative estimate of drug-likeness (QED) is 0.372. The van der Waals surface area contributed by atoms with Gasteiger partial charge in [-0.1, -0.05) is 38.3 Å². The smallest absolute Gasteiger partial charge is 0.408 e. The molecule has 0 aliphatic carbocycles. The minimum atomic E-state index is -0.907. The third-order valence-electron chi connectivity index (χ3n) is 4.17. The molecule has 2 rings (SSSR count). The molecule has 0 radical (unpaired) electrons. The molecule has 0 spiro atoms. The van der Waals surface area contributed by atoms with Crippen LogP contribution in [0.4, 0.5) is 4.79 Å². The van der Waals surface area contributed by atoms with Crippen LogP contribution < -0.4 is 15.7 Å². The van der Waals surface area contributed by atoms with Crippen LogP contribution in [0, 0.1) is 0 Å². The Kier molecular flexibility index (Phi) is 7.89. The SMILES string of the molecule is CCCc1cc(=O)oc2cc(OC(=O)[C@H](CCC)NC(=O)OC(C)(C)C)c(Cl)cc12. The number of esters is 1. The van der Waals surface area contributed by atoms with E-state index in [0.717, 1.165) is 12.0 Å². The lowest BCUT2D eigenvalue weighted by molar-refractivity contribution is -0.137. The summed E-state index contributed by atoms with van der Waals surface area (Å²) < 4.78 is 15.9. The molecule has 2 aromatic rings. The van der Waals surface area contributed by atoms with Crippen LogP contribution >= 0.6 is 11.6 Å². The summed E-state index contributed by atoms with van der Waals surface area (Å²) in [7, 11) is 0. The number of amides is 1. The van der Waals surface area contributed by atoms with Gasteiger partial charge in [-0.3, -0.25) is 0 Å². The molecule has 7 nitrogen and oxygen atoms in total. The van der Waals surface area contributed by atoms with Gasteiger partial charge in [-0.05, 0) is 45.2 Å². The van der Waals surface area contributed by atoms with Gasteiger partial charge in [0.1, 0.15) is 17.2 Å². The van der Waals surface area contributed by atoms with Crippen molar-refractivity contribution in [1.29, 1.82) is 0 Å². The van der Waals surface area contributed by atoms with Crippen molar-refractivity contribution in [3.05, 3.63) is 39.2 Å². The molecule has 1 aromatic carbocycles. The van der Waals surface area contributed by atoms with Crippen LogP contribution in [0.5, 0.6) is 5.75 Å². The Morgan fingerprint density at radius 1 is 1.17 bits per heavy atom. The maximum atomic E-state index is 12.7. The Morgan fingerprint density at radius 3 is 2.47 bits per heavy atom. The van der Waals surface area contributed by atoms with E-state index in [1.165, 1.54) is 12.1 Å². The number of aryl methyl sites for hydroxylation is 1. The summed E-state index contributed by atoms with van der Waals surface area (Å²) in [5.41, 5.74) is -0.0783. The highest BCUT2D eigenvalue weighted by atomic mass is 35.5. The second-order valence-corrected chi connectivity index (χ2v) is 8.44. The van der Waals surface area contributed by atoms with Crippen molar-refractivity contribution in [2.24, 2.45) is 0 Å². The Labute approximate surface area is 180 Å². The highest BCUT2D eigenvalue weighted by Crippen LogP contribution is 2.32. The van der Waals surface area contributed by atoms with Crippen LogP contribution in [-0.4, -0.2) is 23.7 Å². The Bertz CT molecular complexity index is 976. The van der Waals surface area contributed by atoms with Crippen molar-refractivity contribution in [2.75, 3.05) is 0 Å². The fourth-order valence-corrected chi connectivity index (χ4v) is 3.15. The molecule has 30 heavy (non-hydrogen) atoms. The molecule has 8 heteroatoms. The highest BCUT2D eigenvalue weighted by molar-refractivity contribution is 6.33. The molecule has 0 saturated carbocycles. The molecule has 0 fully saturated rings. The second-order valence-electron chi connectivity index (χ2n) is 8.03. The topological polar surface area (TPSA) is 94.8 Å². The number of nitrogens with one attached hydrogen (secondary N) is 1. The van der Waals surface area contributed by atoms with E-state index in [0.29, 0.717) is 24.6 Å². The number of fused-ring (bicyclic) bond motifs is 1. The van der Waals surface area contributed by atoms with Gasteiger partial charge in [0.15, 0.2) is 5.75 Å². The number of hydrogen-bond donors (Lipinski definition) is 1. The molecule has 1 N–H and O–H groups in total. The molecular formula is C22H28ClNO6. The van der Waals surface area contributed by atoms with Crippen LogP contribution in [0.25, 0.3) is 11.0 Å². The standard InChI is InChI=1S/C22H28ClNO6/c1-6-8-13-10-19(25)28-17-12-18(15(23)11-14(13)17)29-20(26)16(9-7-2)24-21(27)30-22(3,4)5/h10-12,16H,6-9H2,1-5H3,(H,24,27)/t16-/m0/s1. The van der Waals surface area contributed by atoms with Gasteiger partial charge in [0, 0.05) is 17.5 Å². The van der Waals surface area contributed by atoms with E-state index < -0.39 is 29.3 Å². The van der Waals surface area contributed by atoms with Crippen molar-refractivity contribution in [3.8, 4) is 5.75 Å². The van der Waals surface area contributed by atoms with Gasteiger partial charge < -0.3 is 19.2 Å². The van der Waals surface area contributed by atoms with Crippen LogP contribution in [-0.2, 0) is 16.0 Å². The summed E-state index contributed by atoms with van der Waals surface area (Å²) in [6, 6.07) is 3.57. The summed E-state index contributed by atoms with van der Waals surface area (Å²) in [5, 5.41) is 3.43. The van der Waals surface area contributed by atoms with Crippen LogP contribution in [0.2, 0.25) is 5.02 Å². The molecule has 1 heterocycles. The second kappa shape index (κ2) is 9.98. The Morgan fingerprint density at radius 2 is 1.87 bits per heavy atom. The lowest BCUT2D eigenvalue weighted by atomic mass is 10.1. The summed E-state index contributed by atoms with van der Waals surface area (Å²) in [5.74, 6) is -0.630. The first-order valence-corrected chi connectivity index (χ1v) is 10.4. The molecule has 1 amide bonds. The van der Waals surface area contributed by atoms with Crippen molar-refractivity contribution in [2.45, 2.75) is 71.9 Å². The predicted molar refractivity (Wildman–Crippen MR) is 115 cm³/mol. The highest BCUT2D eigenvalue weighted by Gasteiger charge is 2.26. The first-order chi connectivity index (χ1) is 14.0. The van der Waals surface area contributed by atoms with Gasteiger partial charge in [0.05, 0.1) is 5.02 Å². The van der Waals surface area contributed by atoms with Gasteiger partial charge in [-0.15, -0.1) is 0 Å². The monoisotopic (exact) mass is 437 g/mol. The molecule has 1 atom stereocenters. The van der Waals surface area contributed by atoms with Gasteiger partial charge in [0.2, 0.25) is 0 Å². The van der Waals surface area contributed by atoms with Crippen molar-refractivity contribution >= 4 is 34.6 Å². The van der Waals surface area contributed by atoms with E-state index in [1.807, 2.05) is 13.8 Å². The third kappa shape index (κ3) is 6.49. The van der Waals surface area contributed by atoms with Crippen molar-refractivity contribution in [3.63, 3.8) is 0 Å². The van der Waals surface area contributed by atoms with Gasteiger partial charge >= 0.3 is 17.7 Å². The Balaban J connectivity index is 2.27. The molecule has 0 aliphatic rings. The molecular weight excluding hydrogens is 410 g/mol. The zero-order valence-corrected chi connectivity index (χ0v) is 18.7. The van der Waals surface area contributed by atoms with E-state index in [4.69, 9.17) is 25.5 Å². The number of carbonyl (C=O) groups is 2. The predicted octanol–water partition coefficient (Wildman–Crippen LogP) is 5.00. The zero-order chi connectivity index (χ0) is 22.5. The average molecular weight is 438 g/mol. The molecule has 1 aromatic heterocycles. The molecule has 164 valence electrons. The molecule has 0 aliphatic heterocycles. The lowest BCUT2D eigenvalue weighted by Crippen LogP contribution is -2.45. The summed E-state index contributed by atoms with van der Waals surface area (Å²) >= 11 is 6.32. The van der Waals surface area contributed by atoms with E-state index >= 15 is 0 Å². The largest absolute Gasteiger partial charge is 0.444 e. The van der Waals surface area contributed by atoms with Crippen molar-refractivity contribution in [1.82, 2.24) is 5.32 Å². The molecule has 0 unspecified atom stereocenters. The zero-order valence-electron chi connectivity index (χ0n) is 18.0. The van der Waals surface area contributed by atoms with Gasteiger partial charge in [-0.25, -0.2) is 14.4 Å². The first-order valence-electron chi connectivity index (χ1n) is 10.0. The van der Waals surface area contributed by atoms with Crippen LogP contribution in [0.1, 0.15) is 59.4 Å². The van der Waals surface area contributed by atoms with Gasteiger partial charge in [-0.2, -0.15) is 0 Å². The maximum absolute atomic E-state index is 12.7. The minimum Gasteiger partial charge on any atom is -0.444 e. The fourth-order valence-electron chi connectivity index (χ4n) is 2.95. The Hall–Kier alpha value is -2.54. The summed E-state index contributed by atoms with van der Waals surface area (Å²) in [6.45, 7) is 9.08. The van der Waals surface area contributed by atoms with E-state index in [-0.39, 0.29) is 16.4 Å². The van der Waals surface area contributed by atoms with E-state index in [9.17, 15) is 14.4 Å². The lowest BCUT2D eigenvalue weighted by Gasteiger charge is -2.22. The third-order valence-corrected chi connectivity index (χ3v) is 4.46. The van der Waals surface area contributed by atoms with Gasteiger partial charge in [0.25, 0.3) is 0 Å². The first kappa shape index (κ1) is 23.7. The number of carbonyl (C=O) groups excluding carboxylic acids is 2. The number of alkyl carbamates (subject to hydrolysis) is 1. The number of hydrogen-bond acceptors (Lipinski definition) is 6. The fraction of sp³-hybridized carbons (Fsp3) is 0.500. The van der Waals surface area contributed by atoms with E-state index in [1.54, 1.807) is 26.8 Å². The number of benzene rings is 1. The summed E-state index contributed by atoms with van der Waals surface area (Å²) in [4.78, 5) is 36.6. The number of ether oxygens (including phenoxy) is 2. The van der Waals surface area contributed by atoms with Crippen LogP contribution in [0.3, 0.4) is 0 Å². The summed E-state index contributed by atoms with van der Waals surface area (Å²) in [6.07, 6.45) is 1.82. The minimum absolute atomic E-state index is 0.0538. The van der Waals surface area contributed by atoms with Crippen LogP contribution in [0.15, 0.2) is 27.4 Å². The number of rotatable bonds is 7. The van der Waals surface area contributed by atoms with Crippen molar-refractivity contribution < 1.29 is 23.5 Å². The van der Waals surface area contributed by atoms with E-state index in [2.05, 4.69) is 5.32 Å².